The molecule has 2 unspecified atom stereocenters. The van der Waals surface area contributed by atoms with E-state index in [1.807, 2.05) is 61.3 Å². The van der Waals surface area contributed by atoms with Crippen molar-refractivity contribution >= 4 is 5.97 Å². The Morgan fingerprint density at radius 2 is 1.89 bits per heavy atom. The highest BCUT2D eigenvalue weighted by Gasteiger charge is 2.22. The first-order valence-electron chi connectivity index (χ1n) is 6.31. The van der Waals surface area contributed by atoms with Crippen LogP contribution in [0.15, 0.2) is 42.7 Å². The predicted octanol–water partition coefficient (Wildman–Crippen LogP) is 2.92. The van der Waals surface area contributed by atoms with E-state index in [0.29, 0.717) is 0 Å². The summed E-state index contributed by atoms with van der Waals surface area (Å²) in [4.78, 5) is 11.5. The van der Waals surface area contributed by atoms with Crippen LogP contribution < -0.4 is 0 Å². The average molecular weight is 258 g/mol. The van der Waals surface area contributed by atoms with Crippen LogP contribution in [0.3, 0.4) is 0 Å². The maximum absolute atomic E-state index is 11.5. The van der Waals surface area contributed by atoms with Crippen LogP contribution in [-0.4, -0.2) is 22.9 Å². The van der Waals surface area contributed by atoms with Gasteiger partial charge in [0.25, 0.3) is 0 Å². The van der Waals surface area contributed by atoms with Gasteiger partial charge in [0.15, 0.2) is 0 Å². The van der Waals surface area contributed by atoms with Crippen molar-refractivity contribution in [1.29, 1.82) is 0 Å². The number of methoxy groups -OCH3 is 1. The average Bonchev–Trinajstić information content (AvgIpc) is 2.95. The highest BCUT2D eigenvalue weighted by atomic mass is 16.5. The van der Waals surface area contributed by atoms with Crippen molar-refractivity contribution in [2.45, 2.75) is 19.9 Å². The Balaban J connectivity index is 2.20. The molecule has 0 aliphatic rings. The number of ether oxygens (including phenoxy) is 1. The number of carbonyl (C=O) groups is 1. The lowest BCUT2D eigenvalue weighted by molar-refractivity contribution is -0.146. The molecule has 0 aliphatic carbocycles. The van der Waals surface area contributed by atoms with Crippen LogP contribution in [-0.2, 0) is 9.53 Å². The molecule has 4 nitrogen and oxygen atoms in total. The first-order valence-corrected chi connectivity index (χ1v) is 6.31. The van der Waals surface area contributed by atoms with E-state index in [-0.39, 0.29) is 17.9 Å². The molecule has 2 rings (SSSR count). The van der Waals surface area contributed by atoms with Gasteiger partial charge >= 0.3 is 5.97 Å². The van der Waals surface area contributed by atoms with Crippen molar-refractivity contribution in [3.63, 3.8) is 0 Å². The van der Waals surface area contributed by atoms with Crippen molar-refractivity contribution in [2.75, 3.05) is 7.11 Å². The van der Waals surface area contributed by atoms with Crippen molar-refractivity contribution in [3.05, 3.63) is 42.7 Å². The molecule has 1 aromatic heterocycles. The van der Waals surface area contributed by atoms with Crippen LogP contribution in [0.2, 0.25) is 0 Å². The van der Waals surface area contributed by atoms with Crippen LogP contribution in [0.25, 0.3) is 11.1 Å². The van der Waals surface area contributed by atoms with E-state index in [9.17, 15) is 4.79 Å². The summed E-state index contributed by atoms with van der Waals surface area (Å²) in [5.41, 5.74) is 2.16. The fraction of sp³-hybridized carbons (Fsp3) is 0.333. The number of carbonyl (C=O) groups excluding carboxylic acids is 1. The second-order valence-corrected chi connectivity index (χ2v) is 4.63. The van der Waals surface area contributed by atoms with Crippen LogP contribution in [0, 0.1) is 5.92 Å². The Hall–Kier alpha value is -2.10. The van der Waals surface area contributed by atoms with Gasteiger partial charge in [0, 0.05) is 11.8 Å². The molecule has 0 saturated heterocycles. The minimum Gasteiger partial charge on any atom is -0.469 e. The van der Waals surface area contributed by atoms with Gasteiger partial charge in [-0.25, -0.2) is 0 Å². The molecule has 100 valence electrons. The summed E-state index contributed by atoms with van der Waals surface area (Å²) in [5, 5.41) is 4.34. The predicted molar refractivity (Wildman–Crippen MR) is 73.6 cm³/mol. The third-order valence-corrected chi connectivity index (χ3v) is 3.42. The number of aromatic nitrogens is 2. The van der Waals surface area contributed by atoms with E-state index in [1.54, 1.807) is 0 Å². The van der Waals surface area contributed by atoms with Gasteiger partial charge in [-0.2, -0.15) is 5.10 Å². The van der Waals surface area contributed by atoms with E-state index in [2.05, 4.69) is 5.10 Å². The molecule has 0 amide bonds. The Morgan fingerprint density at radius 3 is 2.53 bits per heavy atom. The minimum absolute atomic E-state index is 0.0371. The summed E-state index contributed by atoms with van der Waals surface area (Å²) in [6, 6.07) is 10.0. The van der Waals surface area contributed by atoms with Gasteiger partial charge in [0.2, 0.25) is 0 Å². The molecular formula is C15H18N2O2. The number of hydrogen-bond donors (Lipinski definition) is 0. The van der Waals surface area contributed by atoms with Crippen LogP contribution in [0.5, 0.6) is 0 Å². The third-order valence-electron chi connectivity index (χ3n) is 3.42. The Labute approximate surface area is 113 Å². The van der Waals surface area contributed by atoms with Gasteiger partial charge in [-0.05, 0) is 19.4 Å². The molecule has 4 heteroatoms. The number of hydrogen-bond acceptors (Lipinski definition) is 3. The molecule has 0 aliphatic heterocycles. The molecular weight excluding hydrogens is 240 g/mol. The Kier molecular flexibility index (Phi) is 4.00. The first-order chi connectivity index (χ1) is 9.13. The highest BCUT2D eigenvalue weighted by molar-refractivity contribution is 5.72. The van der Waals surface area contributed by atoms with E-state index < -0.39 is 0 Å². The molecule has 0 saturated carbocycles. The second kappa shape index (κ2) is 5.69. The standard InChI is InChI=1S/C15H18N2O2/c1-11(15(18)19-3)12(2)17-10-14(9-16-17)13-7-5-4-6-8-13/h4-12H,1-3H3. The van der Waals surface area contributed by atoms with Gasteiger partial charge in [-0.3, -0.25) is 9.48 Å². The fourth-order valence-corrected chi connectivity index (χ4v) is 1.95. The van der Waals surface area contributed by atoms with Crippen molar-refractivity contribution in [2.24, 2.45) is 5.92 Å². The molecule has 0 fully saturated rings. The zero-order chi connectivity index (χ0) is 13.8. The van der Waals surface area contributed by atoms with Gasteiger partial charge in [-0.1, -0.05) is 30.3 Å². The van der Waals surface area contributed by atoms with E-state index >= 15 is 0 Å². The second-order valence-electron chi connectivity index (χ2n) is 4.63. The SMILES string of the molecule is COC(=O)C(C)C(C)n1cc(-c2ccccc2)cn1. The maximum atomic E-state index is 11.5. The van der Waals surface area contributed by atoms with Crippen molar-refractivity contribution in [1.82, 2.24) is 9.78 Å². The van der Waals surface area contributed by atoms with Gasteiger partial charge < -0.3 is 4.74 Å². The van der Waals surface area contributed by atoms with E-state index in [4.69, 9.17) is 4.74 Å². The number of benzene rings is 1. The van der Waals surface area contributed by atoms with Crippen LogP contribution in [0.4, 0.5) is 0 Å². The quantitative estimate of drug-likeness (QED) is 0.792. The smallest absolute Gasteiger partial charge is 0.310 e. The lowest BCUT2D eigenvalue weighted by atomic mass is 10.0. The third kappa shape index (κ3) is 2.84. The van der Waals surface area contributed by atoms with Crippen LogP contribution in [0.1, 0.15) is 19.9 Å². The fourth-order valence-electron chi connectivity index (χ4n) is 1.95. The molecule has 19 heavy (non-hydrogen) atoms. The summed E-state index contributed by atoms with van der Waals surface area (Å²) < 4.78 is 6.58. The topological polar surface area (TPSA) is 44.1 Å². The summed E-state index contributed by atoms with van der Waals surface area (Å²) in [5.74, 6) is -0.446. The number of nitrogens with zero attached hydrogens (tertiary/aromatic N) is 2. The lowest BCUT2D eigenvalue weighted by Gasteiger charge is -2.17. The van der Waals surface area contributed by atoms with E-state index in [1.165, 1.54) is 7.11 Å². The monoisotopic (exact) mass is 258 g/mol. The summed E-state index contributed by atoms with van der Waals surface area (Å²) in [6.07, 6.45) is 3.77. The molecule has 0 spiro atoms. The molecule has 0 N–H and O–H groups in total. The summed E-state index contributed by atoms with van der Waals surface area (Å²) in [6.45, 7) is 3.81. The summed E-state index contributed by atoms with van der Waals surface area (Å²) >= 11 is 0. The largest absolute Gasteiger partial charge is 0.469 e. The first kappa shape index (κ1) is 13.3. The molecule has 2 atom stereocenters. The molecule has 0 bridgehead atoms. The molecule has 1 aromatic carbocycles. The molecule has 1 heterocycles. The number of esters is 1. The zero-order valence-corrected chi connectivity index (χ0v) is 11.4. The number of rotatable bonds is 4. The van der Waals surface area contributed by atoms with Crippen LogP contribution >= 0.6 is 0 Å². The van der Waals surface area contributed by atoms with Crippen molar-refractivity contribution < 1.29 is 9.53 Å². The highest BCUT2D eigenvalue weighted by Crippen LogP contribution is 2.23. The van der Waals surface area contributed by atoms with Gasteiger partial charge in [0.1, 0.15) is 0 Å². The lowest BCUT2D eigenvalue weighted by Crippen LogP contribution is -2.23. The Bertz CT molecular complexity index is 548. The molecule has 2 aromatic rings. The Morgan fingerprint density at radius 1 is 1.21 bits per heavy atom. The molecule has 0 radical (unpaired) electrons. The van der Waals surface area contributed by atoms with Gasteiger partial charge in [-0.15, -0.1) is 0 Å². The zero-order valence-electron chi connectivity index (χ0n) is 11.4. The van der Waals surface area contributed by atoms with E-state index in [0.717, 1.165) is 11.1 Å². The minimum atomic E-state index is -0.228. The van der Waals surface area contributed by atoms with Gasteiger partial charge in [0.05, 0.1) is 25.3 Å². The maximum Gasteiger partial charge on any atom is 0.310 e. The normalized spacial score (nSPS) is 13.8. The van der Waals surface area contributed by atoms with Crippen molar-refractivity contribution in [3.8, 4) is 11.1 Å². The summed E-state index contributed by atoms with van der Waals surface area (Å²) in [7, 11) is 1.41.